The lowest BCUT2D eigenvalue weighted by Gasteiger charge is -2.17. The number of sulfone groups is 1. The average molecular weight is 310 g/mol. The maximum Gasteiger partial charge on any atom is 0.403 e. The molecule has 0 bridgehead atoms. The molecule has 0 radical (unpaired) electrons. The minimum absolute atomic E-state index is 0.279. The highest BCUT2D eigenvalue weighted by Gasteiger charge is 2.47. The zero-order valence-electron chi connectivity index (χ0n) is 10.7. The van der Waals surface area contributed by atoms with Crippen molar-refractivity contribution >= 4 is 15.8 Å². The van der Waals surface area contributed by atoms with Crippen molar-refractivity contribution in [3.8, 4) is 0 Å². The van der Waals surface area contributed by atoms with Gasteiger partial charge in [0.2, 0.25) is 0 Å². The van der Waals surface area contributed by atoms with Crippen LogP contribution in [-0.4, -0.2) is 31.4 Å². The molecule has 0 aliphatic heterocycles. The Morgan fingerprint density at radius 2 is 1.85 bits per heavy atom. The Labute approximate surface area is 114 Å². The van der Waals surface area contributed by atoms with Crippen molar-refractivity contribution in [2.24, 2.45) is 5.92 Å². The van der Waals surface area contributed by atoms with E-state index >= 15 is 0 Å². The second-order valence-corrected chi connectivity index (χ2v) is 6.49. The molecule has 0 heterocycles. The molecule has 0 amide bonds. The van der Waals surface area contributed by atoms with Crippen LogP contribution in [0.25, 0.3) is 0 Å². The summed E-state index contributed by atoms with van der Waals surface area (Å²) in [6, 6.07) is 4.15. The molecule has 1 atom stereocenters. The number of hydrogen-bond donors (Lipinski definition) is 1. The van der Waals surface area contributed by atoms with Crippen LogP contribution in [-0.2, 0) is 14.6 Å². The first kappa shape index (κ1) is 16.5. The third-order valence-corrected chi connectivity index (χ3v) is 4.65. The molecule has 0 aliphatic carbocycles. The molecule has 20 heavy (non-hydrogen) atoms. The number of carboxylic acids is 1. The van der Waals surface area contributed by atoms with Gasteiger partial charge in [-0.15, -0.1) is 0 Å². The molecule has 1 aromatic rings. The quantitative estimate of drug-likeness (QED) is 0.926. The Hall–Kier alpha value is -1.57. The Bertz CT molecular complexity index is 620. The number of rotatable bonds is 4. The van der Waals surface area contributed by atoms with Gasteiger partial charge in [0.25, 0.3) is 0 Å². The molecule has 0 aromatic heterocycles. The maximum atomic E-state index is 12.5. The summed E-state index contributed by atoms with van der Waals surface area (Å²) in [6.07, 6.45) is -5.11. The van der Waals surface area contributed by atoms with Crippen molar-refractivity contribution in [3.05, 3.63) is 29.3 Å². The number of halogens is 3. The number of carboxylic acid groups (broad SMARTS) is 1. The van der Waals surface area contributed by atoms with E-state index in [9.17, 15) is 26.4 Å². The van der Waals surface area contributed by atoms with Crippen LogP contribution >= 0.6 is 0 Å². The molecule has 0 saturated heterocycles. The smallest absolute Gasteiger partial charge is 0.403 e. The molecular formula is C12H13F3O4S. The third kappa shape index (κ3) is 3.72. The zero-order chi connectivity index (χ0) is 15.7. The summed E-state index contributed by atoms with van der Waals surface area (Å²) < 4.78 is 61.5. The van der Waals surface area contributed by atoms with E-state index in [-0.39, 0.29) is 10.5 Å². The van der Waals surface area contributed by atoms with Crippen LogP contribution in [0.15, 0.2) is 23.1 Å². The molecule has 1 unspecified atom stereocenters. The molecule has 0 aliphatic rings. The first-order valence-corrected chi connectivity index (χ1v) is 7.20. The first-order valence-electron chi connectivity index (χ1n) is 5.54. The normalized spacial score (nSPS) is 14.1. The summed E-state index contributed by atoms with van der Waals surface area (Å²) in [6.45, 7) is 3.16. The van der Waals surface area contributed by atoms with Crippen LogP contribution in [0.1, 0.15) is 11.1 Å². The molecular weight excluding hydrogens is 297 g/mol. The lowest BCUT2D eigenvalue weighted by Crippen LogP contribution is -2.36. The van der Waals surface area contributed by atoms with Gasteiger partial charge in [0.05, 0.1) is 10.6 Å². The Morgan fingerprint density at radius 3 is 2.25 bits per heavy atom. The van der Waals surface area contributed by atoms with Crippen molar-refractivity contribution in [1.82, 2.24) is 0 Å². The summed E-state index contributed by atoms with van der Waals surface area (Å²) in [5.41, 5.74) is 1.04. The number of hydrogen-bond acceptors (Lipinski definition) is 3. The molecule has 0 saturated carbocycles. The largest absolute Gasteiger partial charge is 0.481 e. The molecule has 1 N–H and O–H groups in total. The number of aryl methyl sites for hydroxylation is 2. The van der Waals surface area contributed by atoms with Crippen LogP contribution in [0.2, 0.25) is 0 Å². The highest BCUT2D eigenvalue weighted by atomic mass is 32.2. The number of benzene rings is 1. The summed E-state index contributed by atoms with van der Waals surface area (Å²) in [4.78, 5) is 10.3. The molecule has 4 nitrogen and oxygen atoms in total. The minimum atomic E-state index is -5.11. The Balaban J connectivity index is 3.20. The van der Waals surface area contributed by atoms with Gasteiger partial charge in [-0.05, 0) is 25.5 Å². The van der Waals surface area contributed by atoms with E-state index in [1.54, 1.807) is 6.92 Å². The van der Waals surface area contributed by atoms with E-state index in [1.807, 2.05) is 0 Å². The van der Waals surface area contributed by atoms with Crippen molar-refractivity contribution in [2.75, 3.05) is 5.75 Å². The first-order chi connectivity index (χ1) is 8.95. The van der Waals surface area contributed by atoms with Crippen LogP contribution < -0.4 is 0 Å². The second kappa shape index (κ2) is 5.43. The summed E-state index contributed by atoms with van der Waals surface area (Å²) in [5.74, 6) is -6.64. The number of alkyl halides is 3. The molecule has 1 aromatic carbocycles. The third-order valence-electron chi connectivity index (χ3n) is 2.74. The summed E-state index contributed by atoms with van der Waals surface area (Å²) >= 11 is 0. The van der Waals surface area contributed by atoms with Crippen LogP contribution in [0.5, 0.6) is 0 Å². The fourth-order valence-corrected chi connectivity index (χ4v) is 3.54. The van der Waals surface area contributed by atoms with Gasteiger partial charge in [-0.2, -0.15) is 13.2 Å². The predicted octanol–water partition coefficient (Wildman–Crippen LogP) is 2.34. The van der Waals surface area contributed by atoms with Crippen molar-refractivity contribution in [3.63, 3.8) is 0 Å². The lowest BCUT2D eigenvalue weighted by atomic mass is 10.2. The van der Waals surface area contributed by atoms with Crippen LogP contribution in [0.3, 0.4) is 0 Å². The van der Waals surface area contributed by atoms with E-state index in [2.05, 4.69) is 0 Å². The highest BCUT2D eigenvalue weighted by Crippen LogP contribution is 2.30. The second-order valence-electron chi connectivity index (χ2n) is 4.48. The summed E-state index contributed by atoms with van der Waals surface area (Å²) in [7, 11) is -4.34. The lowest BCUT2D eigenvalue weighted by molar-refractivity contribution is -0.189. The minimum Gasteiger partial charge on any atom is -0.481 e. The topological polar surface area (TPSA) is 71.4 Å². The SMILES string of the molecule is Cc1ccc(S(=O)(=O)CC(C(=O)O)C(F)(F)F)c(C)c1. The van der Waals surface area contributed by atoms with E-state index < -0.39 is 33.7 Å². The molecule has 8 heteroatoms. The molecule has 0 spiro atoms. The monoisotopic (exact) mass is 310 g/mol. The zero-order valence-corrected chi connectivity index (χ0v) is 11.5. The van der Waals surface area contributed by atoms with E-state index in [0.29, 0.717) is 0 Å². The fraction of sp³-hybridized carbons (Fsp3) is 0.417. The molecule has 112 valence electrons. The van der Waals surface area contributed by atoms with E-state index in [1.165, 1.54) is 25.1 Å². The fourth-order valence-electron chi connectivity index (χ4n) is 1.76. The van der Waals surface area contributed by atoms with Crippen molar-refractivity contribution in [2.45, 2.75) is 24.9 Å². The highest BCUT2D eigenvalue weighted by molar-refractivity contribution is 7.91. The number of aliphatic carboxylic acids is 1. The Kier molecular flexibility index (Phi) is 4.48. The van der Waals surface area contributed by atoms with Crippen LogP contribution in [0, 0.1) is 19.8 Å². The van der Waals surface area contributed by atoms with Gasteiger partial charge in [0.15, 0.2) is 15.8 Å². The van der Waals surface area contributed by atoms with Gasteiger partial charge in [0.1, 0.15) is 0 Å². The molecule has 1 rings (SSSR count). The van der Waals surface area contributed by atoms with Gasteiger partial charge in [0, 0.05) is 0 Å². The van der Waals surface area contributed by atoms with E-state index in [0.717, 1.165) is 5.56 Å². The maximum absolute atomic E-state index is 12.5. The van der Waals surface area contributed by atoms with Gasteiger partial charge in [-0.3, -0.25) is 4.79 Å². The van der Waals surface area contributed by atoms with Gasteiger partial charge < -0.3 is 5.11 Å². The van der Waals surface area contributed by atoms with Crippen molar-refractivity contribution < 1.29 is 31.5 Å². The van der Waals surface area contributed by atoms with Gasteiger partial charge >= 0.3 is 12.1 Å². The van der Waals surface area contributed by atoms with Gasteiger partial charge in [-0.25, -0.2) is 8.42 Å². The van der Waals surface area contributed by atoms with E-state index in [4.69, 9.17) is 5.11 Å². The standard InChI is InChI=1S/C12H13F3O4S/c1-7-3-4-10(8(2)5-7)20(18,19)6-9(11(16)17)12(13,14)15/h3-5,9H,6H2,1-2H3,(H,16,17). The van der Waals surface area contributed by atoms with Gasteiger partial charge in [-0.1, -0.05) is 17.7 Å². The Morgan fingerprint density at radius 1 is 1.30 bits per heavy atom. The van der Waals surface area contributed by atoms with Crippen molar-refractivity contribution in [1.29, 1.82) is 0 Å². The summed E-state index contributed by atoms with van der Waals surface area (Å²) in [5, 5.41) is 8.55. The average Bonchev–Trinajstić information content (AvgIpc) is 2.23. The number of carbonyl (C=O) groups is 1. The predicted molar refractivity (Wildman–Crippen MR) is 65.1 cm³/mol. The van der Waals surface area contributed by atoms with Crippen LogP contribution in [0.4, 0.5) is 13.2 Å². The molecule has 0 fully saturated rings.